The molecule has 0 spiro atoms. The maximum Gasteiger partial charge on any atom is 0.251 e. The SMILES string of the molecule is CC(C)CCCNC(=O)c1cccc(S(=O)(=O)N2CCCC2)c1. The van der Waals surface area contributed by atoms with Crippen LogP contribution in [0.2, 0.25) is 0 Å². The number of carbonyl (C=O) groups is 1. The van der Waals surface area contributed by atoms with Crippen LogP contribution in [0.25, 0.3) is 0 Å². The highest BCUT2D eigenvalue weighted by Gasteiger charge is 2.27. The van der Waals surface area contributed by atoms with E-state index in [4.69, 9.17) is 0 Å². The minimum absolute atomic E-state index is 0.203. The predicted octanol–water partition coefficient (Wildman–Crippen LogP) is 2.64. The van der Waals surface area contributed by atoms with Crippen molar-refractivity contribution in [2.24, 2.45) is 5.92 Å². The minimum atomic E-state index is -3.48. The van der Waals surface area contributed by atoms with Gasteiger partial charge < -0.3 is 5.32 Å². The fourth-order valence-corrected chi connectivity index (χ4v) is 4.25. The van der Waals surface area contributed by atoms with Gasteiger partial charge in [0.1, 0.15) is 0 Å². The van der Waals surface area contributed by atoms with Gasteiger partial charge in [0.25, 0.3) is 5.91 Å². The quantitative estimate of drug-likeness (QED) is 0.777. The van der Waals surface area contributed by atoms with Gasteiger partial charge in [-0.2, -0.15) is 4.31 Å². The summed E-state index contributed by atoms with van der Waals surface area (Å²) in [6.45, 7) is 6.03. The Morgan fingerprint density at radius 2 is 1.96 bits per heavy atom. The summed E-state index contributed by atoms with van der Waals surface area (Å²) in [5.74, 6) is 0.396. The van der Waals surface area contributed by atoms with Crippen LogP contribution in [0.15, 0.2) is 29.2 Å². The van der Waals surface area contributed by atoms with Gasteiger partial charge in [0.2, 0.25) is 10.0 Å². The molecule has 1 fully saturated rings. The van der Waals surface area contributed by atoms with Gasteiger partial charge in [0, 0.05) is 25.2 Å². The molecule has 1 aliphatic rings. The molecule has 2 rings (SSSR count). The first kappa shape index (κ1) is 17.9. The number of nitrogens with zero attached hydrogens (tertiary/aromatic N) is 1. The first-order valence-corrected chi connectivity index (χ1v) is 9.73. The molecule has 23 heavy (non-hydrogen) atoms. The summed E-state index contributed by atoms with van der Waals surface area (Å²) in [4.78, 5) is 12.4. The fourth-order valence-electron chi connectivity index (χ4n) is 2.69. The lowest BCUT2D eigenvalue weighted by atomic mass is 10.1. The summed E-state index contributed by atoms with van der Waals surface area (Å²) in [5, 5.41) is 2.86. The van der Waals surface area contributed by atoms with Crippen molar-refractivity contribution in [1.29, 1.82) is 0 Å². The molecule has 1 heterocycles. The molecule has 6 heteroatoms. The molecule has 1 N–H and O–H groups in total. The third kappa shape index (κ3) is 4.78. The summed E-state index contributed by atoms with van der Waals surface area (Å²) in [6, 6.07) is 6.32. The standard InChI is InChI=1S/C17H26N2O3S/c1-14(2)7-6-10-18-17(20)15-8-5-9-16(13-15)23(21,22)19-11-3-4-12-19/h5,8-9,13-14H,3-4,6-7,10-12H2,1-2H3,(H,18,20). The van der Waals surface area contributed by atoms with Crippen molar-refractivity contribution in [2.75, 3.05) is 19.6 Å². The second-order valence-electron chi connectivity index (χ2n) is 6.43. The number of hydrogen-bond acceptors (Lipinski definition) is 3. The van der Waals surface area contributed by atoms with Crippen LogP contribution in [-0.2, 0) is 10.0 Å². The Kier molecular flexibility index (Phi) is 6.18. The summed E-state index contributed by atoms with van der Waals surface area (Å²) in [5.41, 5.74) is 0.398. The zero-order valence-corrected chi connectivity index (χ0v) is 14.7. The van der Waals surface area contributed by atoms with Gasteiger partial charge in [0.05, 0.1) is 4.90 Å². The lowest BCUT2D eigenvalue weighted by molar-refractivity contribution is 0.0952. The first-order chi connectivity index (χ1) is 10.9. The fraction of sp³-hybridized carbons (Fsp3) is 0.588. The van der Waals surface area contributed by atoms with Crippen LogP contribution in [0.5, 0.6) is 0 Å². The van der Waals surface area contributed by atoms with E-state index in [9.17, 15) is 13.2 Å². The number of hydrogen-bond donors (Lipinski definition) is 1. The number of nitrogens with one attached hydrogen (secondary N) is 1. The van der Waals surface area contributed by atoms with Crippen LogP contribution in [0, 0.1) is 5.92 Å². The van der Waals surface area contributed by atoms with Gasteiger partial charge in [-0.25, -0.2) is 8.42 Å². The van der Waals surface area contributed by atoms with Crippen LogP contribution < -0.4 is 5.32 Å². The molecule has 0 unspecified atom stereocenters. The van der Waals surface area contributed by atoms with Crippen LogP contribution >= 0.6 is 0 Å². The number of benzene rings is 1. The highest BCUT2D eigenvalue weighted by atomic mass is 32.2. The van der Waals surface area contributed by atoms with Crippen LogP contribution in [-0.4, -0.2) is 38.3 Å². The van der Waals surface area contributed by atoms with Crippen molar-refractivity contribution in [3.05, 3.63) is 29.8 Å². The Balaban J connectivity index is 2.03. The highest BCUT2D eigenvalue weighted by Crippen LogP contribution is 2.21. The lowest BCUT2D eigenvalue weighted by Gasteiger charge is -2.16. The van der Waals surface area contributed by atoms with Gasteiger partial charge in [0.15, 0.2) is 0 Å². The van der Waals surface area contributed by atoms with Crippen molar-refractivity contribution in [1.82, 2.24) is 9.62 Å². The van der Waals surface area contributed by atoms with E-state index in [0.717, 1.165) is 25.7 Å². The maximum absolute atomic E-state index is 12.5. The van der Waals surface area contributed by atoms with Crippen LogP contribution in [0.3, 0.4) is 0 Å². The molecule has 0 aromatic heterocycles. The number of carbonyl (C=O) groups excluding carboxylic acids is 1. The zero-order chi connectivity index (χ0) is 16.9. The zero-order valence-electron chi connectivity index (χ0n) is 13.9. The molecule has 1 aliphatic heterocycles. The van der Waals surface area contributed by atoms with Crippen molar-refractivity contribution in [2.45, 2.75) is 44.4 Å². The molecule has 0 saturated carbocycles. The molecule has 0 aliphatic carbocycles. The van der Waals surface area contributed by atoms with Gasteiger partial charge in [-0.3, -0.25) is 4.79 Å². The number of sulfonamides is 1. The smallest absolute Gasteiger partial charge is 0.251 e. The maximum atomic E-state index is 12.5. The van der Waals surface area contributed by atoms with E-state index in [2.05, 4.69) is 19.2 Å². The third-order valence-electron chi connectivity index (χ3n) is 4.04. The molecule has 0 radical (unpaired) electrons. The lowest BCUT2D eigenvalue weighted by Crippen LogP contribution is -2.28. The van der Waals surface area contributed by atoms with Crippen LogP contribution in [0.1, 0.15) is 49.9 Å². The molecule has 1 aromatic rings. The van der Waals surface area contributed by atoms with E-state index in [1.807, 2.05) is 0 Å². The monoisotopic (exact) mass is 338 g/mol. The Morgan fingerprint density at radius 3 is 2.61 bits per heavy atom. The molecule has 5 nitrogen and oxygen atoms in total. The Morgan fingerprint density at radius 1 is 1.26 bits per heavy atom. The first-order valence-electron chi connectivity index (χ1n) is 8.29. The Labute approximate surface area is 139 Å². The summed E-state index contributed by atoms with van der Waals surface area (Å²) in [7, 11) is -3.48. The van der Waals surface area contributed by atoms with E-state index in [1.165, 1.54) is 10.4 Å². The Bertz CT molecular complexity index is 635. The molecule has 1 aromatic carbocycles. The topological polar surface area (TPSA) is 66.5 Å². The van der Waals surface area contributed by atoms with E-state index in [0.29, 0.717) is 31.1 Å². The van der Waals surface area contributed by atoms with E-state index in [-0.39, 0.29) is 10.8 Å². The van der Waals surface area contributed by atoms with Crippen molar-refractivity contribution in [3.8, 4) is 0 Å². The van der Waals surface area contributed by atoms with Crippen molar-refractivity contribution in [3.63, 3.8) is 0 Å². The summed E-state index contributed by atoms with van der Waals surface area (Å²) in [6.07, 6.45) is 3.78. The average molecular weight is 338 g/mol. The van der Waals surface area contributed by atoms with Crippen molar-refractivity contribution >= 4 is 15.9 Å². The second kappa shape index (κ2) is 7.93. The van der Waals surface area contributed by atoms with Crippen LogP contribution in [0.4, 0.5) is 0 Å². The number of amides is 1. The van der Waals surface area contributed by atoms with Crippen molar-refractivity contribution < 1.29 is 13.2 Å². The average Bonchev–Trinajstić information content (AvgIpc) is 3.06. The third-order valence-corrected chi connectivity index (χ3v) is 5.94. The van der Waals surface area contributed by atoms with Gasteiger partial charge in [-0.05, 0) is 49.8 Å². The summed E-state index contributed by atoms with van der Waals surface area (Å²) < 4.78 is 26.6. The van der Waals surface area contributed by atoms with Gasteiger partial charge in [-0.15, -0.1) is 0 Å². The molecule has 128 valence electrons. The molecule has 0 atom stereocenters. The predicted molar refractivity (Wildman–Crippen MR) is 90.8 cm³/mol. The second-order valence-corrected chi connectivity index (χ2v) is 8.37. The molecular formula is C17H26N2O3S. The largest absolute Gasteiger partial charge is 0.352 e. The molecule has 0 bridgehead atoms. The minimum Gasteiger partial charge on any atom is -0.352 e. The molecule has 1 amide bonds. The van der Waals surface area contributed by atoms with E-state index in [1.54, 1.807) is 18.2 Å². The van der Waals surface area contributed by atoms with Gasteiger partial charge in [-0.1, -0.05) is 19.9 Å². The Hall–Kier alpha value is -1.40. The normalized spacial score (nSPS) is 16.0. The molecule has 1 saturated heterocycles. The molecular weight excluding hydrogens is 312 g/mol. The van der Waals surface area contributed by atoms with E-state index < -0.39 is 10.0 Å². The highest BCUT2D eigenvalue weighted by molar-refractivity contribution is 7.89. The summed E-state index contributed by atoms with van der Waals surface area (Å²) >= 11 is 0. The number of rotatable bonds is 7. The van der Waals surface area contributed by atoms with Gasteiger partial charge >= 0.3 is 0 Å². The van der Waals surface area contributed by atoms with E-state index >= 15 is 0 Å².